The monoisotopic (exact) mass is 296 g/mol. The van der Waals surface area contributed by atoms with E-state index in [0.29, 0.717) is 12.0 Å². The van der Waals surface area contributed by atoms with Crippen molar-refractivity contribution in [3.05, 3.63) is 42.3 Å². The van der Waals surface area contributed by atoms with Crippen molar-refractivity contribution in [1.29, 1.82) is 0 Å². The van der Waals surface area contributed by atoms with Crippen molar-refractivity contribution < 1.29 is 9.85 Å². The van der Waals surface area contributed by atoms with Crippen molar-refractivity contribution in [2.45, 2.75) is 33.6 Å². The van der Waals surface area contributed by atoms with Gasteiger partial charge in [-0.1, -0.05) is 13.3 Å². The summed E-state index contributed by atoms with van der Waals surface area (Å²) in [6, 6.07) is 1.22. The number of nitro benzene ring substituents is 2. The molecule has 0 atom stereocenters. The fourth-order valence-corrected chi connectivity index (χ4v) is 1.99. The molecule has 0 aliphatic heterocycles. The van der Waals surface area contributed by atoms with Gasteiger partial charge in [0.1, 0.15) is 0 Å². The van der Waals surface area contributed by atoms with E-state index in [2.05, 4.69) is 5.29 Å². The average molecular weight is 296 g/mol. The van der Waals surface area contributed by atoms with Gasteiger partial charge in [0, 0.05) is 18.2 Å². The molecule has 0 aromatic heterocycles. The second kappa shape index (κ2) is 6.73. The first kappa shape index (κ1) is 16.5. The van der Waals surface area contributed by atoms with E-state index in [4.69, 9.17) is 0 Å². The lowest BCUT2D eigenvalue weighted by Gasteiger charge is -2.16. The number of hydrogen-bond donors (Lipinski definition) is 0. The molecule has 0 unspecified atom stereocenters. The molecule has 0 aliphatic carbocycles. The van der Waals surface area contributed by atoms with E-state index in [9.17, 15) is 25.1 Å². The SMILES string of the molecule is CCCCN(N=O)c1c([N+](=O)[O-])cc(C)c(C)c1[N+](=O)[O-]. The zero-order chi connectivity index (χ0) is 16.2. The van der Waals surface area contributed by atoms with Gasteiger partial charge in [-0.25, -0.2) is 5.01 Å². The Balaban J connectivity index is 3.64. The highest BCUT2D eigenvalue weighted by molar-refractivity contribution is 5.78. The molecule has 0 aliphatic rings. The molecule has 0 saturated heterocycles. The van der Waals surface area contributed by atoms with Crippen LogP contribution < -0.4 is 5.01 Å². The Kier molecular flexibility index (Phi) is 5.28. The molecular weight excluding hydrogens is 280 g/mol. The van der Waals surface area contributed by atoms with E-state index in [1.54, 1.807) is 6.92 Å². The van der Waals surface area contributed by atoms with Crippen LogP contribution in [0.3, 0.4) is 0 Å². The molecule has 0 spiro atoms. The van der Waals surface area contributed by atoms with E-state index in [-0.39, 0.29) is 17.8 Å². The van der Waals surface area contributed by atoms with E-state index in [1.165, 1.54) is 13.0 Å². The molecule has 9 heteroatoms. The molecule has 1 aromatic carbocycles. The molecule has 1 rings (SSSR count). The molecular formula is C12H16N4O5. The van der Waals surface area contributed by atoms with Gasteiger partial charge in [0.05, 0.1) is 15.1 Å². The van der Waals surface area contributed by atoms with Crippen LogP contribution in [-0.4, -0.2) is 16.4 Å². The van der Waals surface area contributed by atoms with Crippen molar-refractivity contribution in [2.24, 2.45) is 5.29 Å². The predicted molar refractivity (Wildman–Crippen MR) is 77.3 cm³/mol. The standard InChI is InChI=1S/C12H16N4O5/c1-4-5-6-14(13-17)12-10(15(18)19)7-8(2)9(3)11(12)16(20)21/h7H,4-6H2,1-3H3. The molecule has 0 radical (unpaired) electrons. The highest BCUT2D eigenvalue weighted by Gasteiger charge is 2.33. The van der Waals surface area contributed by atoms with Gasteiger partial charge in [-0.2, -0.15) is 0 Å². The van der Waals surface area contributed by atoms with Crippen LogP contribution in [0.5, 0.6) is 0 Å². The summed E-state index contributed by atoms with van der Waals surface area (Å²) in [5.41, 5.74) is -0.585. The van der Waals surface area contributed by atoms with Gasteiger partial charge in [-0.05, 0) is 25.8 Å². The van der Waals surface area contributed by atoms with Gasteiger partial charge in [0.2, 0.25) is 5.69 Å². The molecule has 0 fully saturated rings. The normalized spacial score (nSPS) is 10.2. The predicted octanol–water partition coefficient (Wildman–Crippen LogP) is 3.41. The van der Waals surface area contributed by atoms with Crippen molar-refractivity contribution in [2.75, 3.05) is 11.6 Å². The Bertz CT molecular complexity index is 588. The van der Waals surface area contributed by atoms with Crippen LogP contribution in [0.25, 0.3) is 0 Å². The first-order valence-electron chi connectivity index (χ1n) is 6.38. The summed E-state index contributed by atoms with van der Waals surface area (Å²) in [5, 5.41) is 26.0. The van der Waals surface area contributed by atoms with Crippen molar-refractivity contribution >= 4 is 17.1 Å². The third-order valence-corrected chi connectivity index (χ3v) is 3.23. The summed E-state index contributed by atoms with van der Waals surface area (Å²) in [6.45, 7) is 4.99. The summed E-state index contributed by atoms with van der Waals surface area (Å²) >= 11 is 0. The minimum Gasteiger partial charge on any atom is -0.258 e. The van der Waals surface area contributed by atoms with Crippen molar-refractivity contribution in [1.82, 2.24) is 0 Å². The largest absolute Gasteiger partial charge is 0.304 e. The number of hydrogen-bond acceptors (Lipinski definition) is 6. The van der Waals surface area contributed by atoms with Crippen LogP contribution in [0.1, 0.15) is 30.9 Å². The summed E-state index contributed by atoms with van der Waals surface area (Å²) in [5.74, 6) is 0. The maximum absolute atomic E-state index is 11.3. The second-order valence-electron chi connectivity index (χ2n) is 4.61. The van der Waals surface area contributed by atoms with Crippen LogP contribution in [0.4, 0.5) is 17.1 Å². The smallest absolute Gasteiger partial charge is 0.258 e. The van der Waals surface area contributed by atoms with E-state index < -0.39 is 21.2 Å². The summed E-state index contributed by atoms with van der Waals surface area (Å²) in [6.07, 6.45) is 1.26. The number of nitrogens with zero attached hydrogens (tertiary/aromatic N) is 4. The van der Waals surface area contributed by atoms with Crippen LogP contribution in [0.2, 0.25) is 0 Å². The summed E-state index contributed by atoms with van der Waals surface area (Å²) < 4.78 is 0. The lowest BCUT2D eigenvalue weighted by Crippen LogP contribution is -2.20. The minimum atomic E-state index is -0.737. The van der Waals surface area contributed by atoms with Crippen LogP contribution in [-0.2, 0) is 0 Å². The van der Waals surface area contributed by atoms with Gasteiger partial charge in [0.25, 0.3) is 0 Å². The van der Waals surface area contributed by atoms with Gasteiger partial charge in [-0.15, -0.1) is 4.91 Å². The highest BCUT2D eigenvalue weighted by atomic mass is 16.6. The molecule has 0 amide bonds. The van der Waals surface area contributed by atoms with E-state index >= 15 is 0 Å². The van der Waals surface area contributed by atoms with E-state index in [0.717, 1.165) is 11.4 Å². The third-order valence-electron chi connectivity index (χ3n) is 3.23. The molecule has 0 bridgehead atoms. The van der Waals surface area contributed by atoms with E-state index in [1.807, 2.05) is 6.92 Å². The number of benzene rings is 1. The number of nitro groups is 2. The molecule has 0 saturated carbocycles. The summed E-state index contributed by atoms with van der Waals surface area (Å²) in [4.78, 5) is 32.0. The van der Waals surface area contributed by atoms with Gasteiger partial charge >= 0.3 is 11.4 Å². The lowest BCUT2D eigenvalue weighted by molar-refractivity contribution is -0.393. The fraction of sp³-hybridized carbons (Fsp3) is 0.500. The second-order valence-corrected chi connectivity index (χ2v) is 4.61. The number of rotatable bonds is 7. The van der Waals surface area contributed by atoms with Crippen molar-refractivity contribution in [3.8, 4) is 0 Å². The number of aryl methyl sites for hydroxylation is 1. The van der Waals surface area contributed by atoms with Crippen LogP contribution >= 0.6 is 0 Å². The van der Waals surface area contributed by atoms with Gasteiger partial charge in [-0.3, -0.25) is 20.2 Å². The number of nitroso groups, excluding NO2 is 1. The van der Waals surface area contributed by atoms with Gasteiger partial charge < -0.3 is 0 Å². The maximum Gasteiger partial charge on any atom is 0.304 e. The fourth-order valence-electron chi connectivity index (χ4n) is 1.99. The number of anilines is 1. The first-order chi connectivity index (χ1) is 9.84. The average Bonchev–Trinajstić information content (AvgIpc) is 2.42. The summed E-state index contributed by atoms with van der Waals surface area (Å²) in [7, 11) is 0. The Morgan fingerprint density at radius 1 is 1.24 bits per heavy atom. The minimum absolute atomic E-state index is 0.0875. The lowest BCUT2D eigenvalue weighted by atomic mass is 10.0. The van der Waals surface area contributed by atoms with Crippen LogP contribution in [0, 0.1) is 39.0 Å². The quantitative estimate of drug-likeness (QED) is 0.432. The number of unbranched alkanes of at least 4 members (excludes halogenated alkanes) is 1. The Labute approximate surface area is 120 Å². The third kappa shape index (κ3) is 3.30. The first-order valence-corrected chi connectivity index (χ1v) is 6.38. The molecule has 1 aromatic rings. The molecule has 9 nitrogen and oxygen atoms in total. The van der Waals surface area contributed by atoms with Crippen LogP contribution in [0.15, 0.2) is 11.4 Å². The highest BCUT2D eigenvalue weighted by Crippen LogP contribution is 2.41. The molecule has 114 valence electrons. The van der Waals surface area contributed by atoms with Gasteiger partial charge in [0.15, 0.2) is 0 Å². The maximum atomic E-state index is 11.3. The topological polar surface area (TPSA) is 119 Å². The Morgan fingerprint density at radius 3 is 2.29 bits per heavy atom. The molecule has 0 N–H and O–H groups in total. The van der Waals surface area contributed by atoms with Crippen molar-refractivity contribution in [3.63, 3.8) is 0 Å². The zero-order valence-electron chi connectivity index (χ0n) is 12.0. The zero-order valence-corrected chi connectivity index (χ0v) is 12.0. The Hall–Kier alpha value is -2.58. The molecule has 21 heavy (non-hydrogen) atoms. The Morgan fingerprint density at radius 2 is 1.86 bits per heavy atom. The molecule has 0 heterocycles.